The summed E-state index contributed by atoms with van der Waals surface area (Å²) in [5.74, 6) is -0.928. The third kappa shape index (κ3) is 1.86. The largest absolute Gasteiger partial charge is 0.467 e. The van der Waals surface area contributed by atoms with E-state index in [2.05, 4.69) is 9.47 Å². The Morgan fingerprint density at radius 3 is 2.21 bits per heavy atom. The summed E-state index contributed by atoms with van der Waals surface area (Å²) < 4.78 is 8.82. The van der Waals surface area contributed by atoms with Gasteiger partial charge >= 0.3 is 5.97 Å². The highest BCUT2D eigenvalue weighted by atomic mass is 16.7. The normalized spacial score (nSPS) is 43.4. The second-order valence-corrected chi connectivity index (χ2v) is 2.94. The summed E-state index contributed by atoms with van der Waals surface area (Å²) in [5.41, 5.74) is 0. The number of hydrogen-bond acceptors (Lipinski definition) is 7. The van der Waals surface area contributed by atoms with Crippen LogP contribution in [0.4, 0.5) is 0 Å². The maximum atomic E-state index is 11.0. The summed E-state index contributed by atoms with van der Waals surface area (Å²) in [6.45, 7) is 0. The van der Waals surface area contributed by atoms with E-state index in [1.165, 1.54) is 0 Å². The van der Waals surface area contributed by atoms with Gasteiger partial charge in [-0.1, -0.05) is 0 Å². The molecule has 0 aromatic carbocycles. The van der Waals surface area contributed by atoms with Gasteiger partial charge in [-0.05, 0) is 0 Å². The van der Waals surface area contributed by atoms with Gasteiger partial charge in [0.15, 0.2) is 12.4 Å². The second-order valence-electron chi connectivity index (χ2n) is 2.94. The van der Waals surface area contributed by atoms with Crippen LogP contribution in [0.15, 0.2) is 0 Å². The third-order valence-corrected chi connectivity index (χ3v) is 2.02. The third-order valence-electron chi connectivity index (χ3n) is 2.02. The van der Waals surface area contributed by atoms with Crippen molar-refractivity contribution in [3.8, 4) is 0 Å². The SMILES string of the molecule is COC(=O)[C@@H]1O[C@@H](O)[C@@H](O)[C@H](O)[C@H]1O. The van der Waals surface area contributed by atoms with E-state index in [1.807, 2.05) is 0 Å². The van der Waals surface area contributed by atoms with Crippen molar-refractivity contribution in [2.45, 2.75) is 30.7 Å². The molecule has 14 heavy (non-hydrogen) atoms. The first-order valence-electron chi connectivity index (χ1n) is 3.94. The van der Waals surface area contributed by atoms with E-state index in [-0.39, 0.29) is 0 Å². The van der Waals surface area contributed by atoms with Crippen LogP contribution >= 0.6 is 0 Å². The molecule has 7 nitrogen and oxygen atoms in total. The van der Waals surface area contributed by atoms with E-state index in [4.69, 9.17) is 10.2 Å². The minimum atomic E-state index is -1.72. The fraction of sp³-hybridized carbons (Fsp3) is 0.857. The van der Waals surface area contributed by atoms with Crippen molar-refractivity contribution in [3.63, 3.8) is 0 Å². The number of esters is 1. The summed E-state index contributed by atoms with van der Waals surface area (Å²) >= 11 is 0. The monoisotopic (exact) mass is 208 g/mol. The van der Waals surface area contributed by atoms with E-state index in [0.717, 1.165) is 7.11 Å². The van der Waals surface area contributed by atoms with Crippen molar-refractivity contribution in [2.75, 3.05) is 7.11 Å². The molecule has 1 aliphatic heterocycles. The summed E-state index contributed by atoms with van der Waals surface area (Å²) in [6, 6.07) is 0. The van der Waals surface area contributed by atoms with E-state index < -0.39 is 36.7 Å². The molecule has 0 aromatic heterocycles. The smallest absolute Gasteiger partial charge is 0.337 e. The second kappa shape index (κ2) is 4.20. The molecule has 0 bridgehead atoms. The maximum absolute atomic E-state index is 11.0. The van der Waals surface area contributed by atoms with E-state index >= 15 is 0 Å². The van der Waals surface area contributed by atoms with Crippen LogP contribution in [0.5, 0.6) is 0 Å². The van der Waals surface area contributed by atoms with Crippen LogP contribution in [-0.4, -0.2) is 64.2 Å². The van der Waals surface area contributed by atoms with Gasteiger partial charge in [-0.2, -0.15) is 0 Å². The number of carbonyl (C=O) groups excluding carboxylic acids is 1. The van der Waals surface area contributed by atoms with Crippen LogP contribution in [0.3, 0.4) is 0 Å². The van der Waals surface area contributed by atoms with Crippen molar-refractivity contribution in [1.29, 1.82) is 0 Å². The summed E-state index contributed by atoms with van der Waals surface area (Å²) in [5, 5.41) is 36.5. The van der Waals surface area contributed by atoms with Crippen LogP contribution in [-0.2, 0) is 14.3 Å². The lowest BCUT2D eigenvalue weighted by Gasteiger charge is -2.36. The number of methoxy groups -OCH3 is 1. The Bertz CT molecular complexity index is 218. The molecule has 5 atom stereocenters. The zero-order valence-electron chi connectivity index (χ0n) is 7.40. The predicted octanol–water partition coefficient (Wildman–Crippen LogP) is -3.04. The Morgan fingerprint density at radius 2 is 1.71 bits per heavy atom. The highest BCUT2D eigenvalue weighted by Gasteiger charge is 2.46. The minimum absolute atomic E-state index is 0.928. The Morgan fingerprint density at radius 1 is 1.14 bits per heavy atom. The van der Waals surface area contributed by atoms with Crippen LogP contribution in [0.2, 0.25) is 0 Å². The van der Waals surface area contributed by atoms with Gasteiger partial charge in [0.05, 0.1) is 7.11 Å². The molecule has 1 heterocycles. The molecule has 1 saturated heterocycles. The summed E-state index contributed by atoms with van der Waals surface area (Å²) in [4.78, 5) is 11.0. The van der Waals surface area contributed by atoms with Gasteiger partial charge in [-0.15, -0.1) is 0 Å². The first-order chi connectivity index (χ1) is 6.49. The van der Waals surface area contributed by atoms with E-state index in [0.29, 0.717) is 0 Å². The molecule has 1 fully saturated rings. The molecule has 0 spiro atoms. The minimum Gasteiger partial charge on any atom is -0.467 e. The molecule has 7 heteroatoms. The average Bonchev–Trinajstić information content (AvgIpc) is 2.19. The van der Waals surface area contributed by atoms with Crippen molar-refractivity contribution in [3.05, 3.63) is 0 Å². The molecule has 1 aliphatic rings. The maximum Gasteiger partial charge on any atom is 0.337 e. The lowest BCUT2D eigenvalue weighted by molar-refractivity contribution is -0.280. The molecule has 82 valence electrons. The summed E-state index contributed by atoms with van der Waals surface area (Å²) in [7, 11) is 1.07. The quantitative estimate of drug-likeness (QED) is 0.338. The average molecular weight is 208 g/mol. The number of rotatable bonds is 1. The number of aliphatic hydroxyl groups excluding tert-OH is 4. The van der Waals surface area contributed by atoms with Crippen LogP contribution in [0.25, 0.3) is 0 Å². The topological polar surface area (TPSA) is 116 Å². The molecule has 0 saturated carbocycles. The zero-order chi connectivity index (χ0) is 10.9. The first kappa shape index (κ1) is 11.3. The molecule has 1 rings (SSSR count). The van der Waals surface area contributed by atoms with Gasteiger partial charge in [0.25, 0.3) is 0 Å². The van der Waals surface area contributed by atoms with Gasteiger partial charge in [-0.25, -0.2) is 4.79 Å². The molecule has 0 radical (unpaired) electrons. The fourth-order valence-electron chi connectivity index (χ4n) is 1.17. The zero-order valence-corrected chi connectivity index (χ0v) is 7.40. The van der Waals surface area contributed by atoms with Gasteiger partial charge < -0.3 is 29.9 Å². The van der Waals surface area contributed by atoms with E-state index in [1.54, 1.807) is 0 Å². The molecular formula is C7H12O7. The van der Waals surface area contributed by atoms with Crippen LogP contribution in [0, 0.1) is 0 Å². The first-order valence-corrected chi connectivity index (χ1v) is 3.94. The molecule has 0 aromatic rings. The summed E-state index contributed by atoms with van der Waals surface area (Å²) in [6.07, 6.45) is -8.14. The lowest BCUT2D eigenvalue weighted by atomic mass is 9.99. The van der Waals surface area contributed by atoms with Crippen molar-refractivity contribution in [2.24, 2.45) is 0 Å². The van der Waals surface area contributed by atoms with Crippen molar-refractivity contribution in [1.82, 2.24) is 0 Å². The highest BCUT2D eigenvalue weighted by Crippen LogP contribution is 2.20. The van der Waals surface area contributed by atoms with Gasteiger partial charge in [-0.3, -0.25) is 0 Å². The predicted molar refractivity (Wildman–Crippen MR) is 40.9 cm³/mol. The molecular weight excluding hydrogens is 196 g/mol. The Balaban J connectivity index is 2.75. The van der Waals surface area contributed by atoms with Crippen LogP contribution in [0.1, 0.15) is 0 Å². The molecule has 0 aliphatic carbocycles. The Kier molecular flexibility index (Phi) is 3.40. The number of carbonyl (C=O) groups is 1. The lowest BCUT2D eigenvalue weighted by Crippen LogP contribution is -2.59. The fourth-order valence-corrected chi connectivity index (χ4v) is 1.17. The number of aliphatic hydroxyl groups is 4. The molecule has 0 unspecified atom stereocenters. The van der Waals surface area contributed by atoms with Crippen molar-refractivity contribution < 1.29 is 34.7 Å². The van der Waals surface area contributed by atoms with Crippen molar-refractivity contribution >= 4 is 5.97 Å². The van der Waals surface area contributed by atoms with Crippen LogP contribution < -0.4 is 0 Å². The van der Waals surface area contributed by atoms with Gasteiger partial charge in [0, 0.05) is 0 Å². The molecule has 0 amide bonds. The molecule has 4 N–H and O–H groups in total. The number of ether oxygens (including phenoxy) is 2. The van der Waals surface area contributed by atoms with Gasteiger partial charge in [0.1, 0.15) is 18.3 Å². The standard InChI is InChI=1S/C7H12O7/c1-13-7(12)5-3(9)2(8)4(10)6(11)14-5/h2-6,8-11H,1H3/t2-,3-,4+,5-,6-/m1/s1. The Labute approximate surface area is 79.5 Å². The Hall–Kier alpha value is -0.730. The highest BCUT2D eigenvalue weighted by molar-refractivity contribution is 5.75. The van der Waals surface area contributed by atoms with Gasteiger partial charge in [0.2, 0.25) is 0 Å². The van der Waals surface area contributed by atoms with E-state index in [9.17, 15) is 15.0 Å². The number of hydrogen-bond donors (Lipinski definition) is 4.